The Labute approximate surface area is 139 Å². The van der Waals surface area contributed by atoms with Crippen LogP contribution in [0.25, 0.3) is 10.2 Å². The van der Waals surface area contributed by atoms with E-state index < -0.39 is 0 Å². The molecule has 0 aromatic carbocycles. The summed E-state index contributed by atoms with van der Waals surface area (Å²) < 4.78 is 3.67. The summed E-state index contributed by atoms with van der Waals surface area (Å²) in [6.45, 7) is 3.25. The lowest BCUT2D eigenvalue weighted by atomic mass is 9.96. The molecule has 0 saturated carbocycles. The van der Waals surface area contributed by atoms with Crippen molar-refractivity contribution in [3.63, 3.8) is 0 Å². The molecule has 1 unspecified atom stereocenters. The smallest absolute Gasteiger partial charge is 0.137 e. The third kappa shape index (κ3) is 2.16. The molecule has 3 aromatic rings. The van der Waals surface area contributed by atoms with E-state index in [-0.39, 0.29) is 0 Å². The Morgan fingerprint density at radius 2 is 2.13 bits per heavy atom. The molecule has 5 heterocycles. The Morgan fingerprint density at radius 3 is 3.13 bits per heavy atom. The molecule has 118 valence electrons. The van der Waals surface area contributed by atoms with Crippen molar-refractivity contribution >= 4 is 27.2 Å². The van der Waals surface area contributed by atoms with Crippen LogP contribution in [0.4, 0.5) is 5.69 Å². The molecule has 5 nitrogen and oxygen atoms in total. The van der Waals surface area contributed by atoms with Crippen molar-refractivity contribution in [1.29, 1.82) is 0 Å². The van der Waals surface area contributed by atoms with Gasteiger partial charge in [-0.2, -0.15) is 0 Å². The van der Waals surface area contributed by atoms with E-state index in [1.165, 1.54) is 41.3 Å². The van der Waals surface area contributed by atoms with Gasteiger partial charge >= 0.3 is 0 Å². The van der Waals surface area contributed by atoms with Gasteiger partial charge in [-0.1, -0.05) is 0 Å². The highest BCUT2D eigenvalue weighted by atomic mass is 32.1. The molecule has 1 atom stereocenters. The minimum Gasteiger partial charge on any atom is -0.370 e. The van der Waals surface area contributed by atoms with E-state index in [0.29, 0.717) is 5.92 Å². The van der Waals surface area contributed by atoms with Crippen LogP contribution in [0.5, 0.6) is 0 Å². The first-order valence-electron chi connectivity index (χ1n) is 8.39. The molecule has 0 aliphatic carbocycles. The number of aromatic nitrogens is 4. The lowest BCUT2D eigenvalue weighted by Gasteiger charge is -2.34. The quantitative estimate of drug-likeness (QED) is 0.726. The van der Waals surface area contributed by atoms with Crippen LogP contribution in [0.15, 0.2) is 23.7 Å². The predicted molar refractivity (Wildman–Crippen MR) is 92.2 cm³/mol. The van der Waals surface area contributed by atoms with E-state index in [4.69, 9.17) is 0 Å². The zero-order chi connectivity index (χ0) is 15.2. The van der Waals surface area contributed by atoms with E-state index in [9.17, 15) is 0 Å². The number of nitrogens with zero attached hydrogens (tertiary/aromatic N) is 5. The maximum absolute atomic E-state index is 4.52. The molecule has 0 spiro atoms. The van der Waals surface area contributed by atoms with Gasteiger partial charge in [-0.15, -0.1) is 21.5 Å². The summed E-state index contributed by atoms with van der Waals surface area (Å²) in [5, 5.41) is 11.0. The lowest BCUT2D eigenvalue weighted by molar-refractivity contribution is 0.474. The number of anilines is 1. The molecule has 3 aromatic heterocycles. The zero-order valence-electron chi connectivity index (χ0n) is 13.0. The maximum Gasteiger partial charge on any atom is 0.137 e. The van der Waals surface area contributed by atoms with Crippen LogP contribution in [0.2, 0.25) is 0 Å². The average Bonchev–Trinajstić information content (AvgIpc) is 3.30. The molecular weight excluding hydrogens is 306 g/mol. The molecule has 0 bridgehead atoms. The van der Waals surface area contributed by atoms with Gasteiger partial charge in [0.2, 0.25) is 0 Å². The number of fused-ring (bicyclic) bond motifs is 2. The fourth-order valence-electron chi connectivity index (χ4n) is 3.99. The van der Waals surface area contributed by atoms with E-state index in [1.54, 1.807) is 11.3 Å². The summed E-state index contributed by atoms with van der Waals surface area (Å²) in [4.78, 5) is 6.99. The van der Waals surface area contributed by atoms with Crippen LogP contribution in [-0.2, 0) is 13.0 Å². The van der Waals surface area contributed by atoms with Crippen molar-refractivity contribution in [2.45, 2.75) is 38.1 Å². The second-order valence-electron chi connectivity index (χ2n) is 6.48. The van der Waals surface area contributed by atoms with Crippen LogP contribution in [0.3, 0.4) is 0 Å². The van der Waals surface area contributed by atoms with Gasteiger partial charge in [-0.3, -0.25) is 4.98 Å². The summed E-state index contributed by atoms with van der Waals surface area (Å²) in [5.74, 6) is 2.88. The predicted octanol–water partition coefficient (Wildman–Crippen LogP) is 3.22. The number of aryl methyl sites for hydroxylation is 1. The van der Waals surface area contributed by atoms with Crippen LogP contribution < -0.4 is 4.90 Å². The summed E-state index contributed by atoms with van der Waals surface area (Å²) in [5.41, 5.74) is 2.44. The van der Waals surface area contributed by atoms with Crippen LogP contribution in [-0.4, -0.2) is 32.8 Å². The van der Waals surface area contributed by atoms with Crippen LogP contribution >= 0.6 is 11.3 Å². The van der Waals surface area contributed by atoms with E-state index in [1.807, 2.05) is 6.20 Å². The summed E-state index contributed by atoms with van der Waals surface area (Å²) in [7, 11) is 0. The molecule has 23 heavy (non-hydrogen) atoms. The van der Waals surface area contributed by atoms with Crippen LogP contribution in [0, 0.1) is 0 Å². The molecule has 1 saturated heterocycles. The summed E-state index contributed by atoms with van der Waals surface area (Å²) >= 11 is 1.79. The molecule has 1 fully saturated rings. The maximum atomic E-state index is 4.52. The number of thiophene rings is 1. The van der Waals surface area contributed by atoms with Crippen LogP contribution in [0.1, 0.15) is 36.8 Å². The number of hydrogen-bond donors (Lipinski definition) is 0. The normalized spacial score (nSPS) is 21.0. The highest BCUT2D eigenvalue weighted by Gasteiger charge is 2.29. The first kappa shape index (κ1) is 13.5. The van der Waals surface area contributed by atoms with Crippen molar-refractivity contribution in [1.82, 2.24) is 19.7 Å². The van der Waals surface area contributed by atoms with E-state index in [2.05, 4.69) is 42.2 Å². The lowest BCUT2D eigenvalue weighted by Crippen LogP contribution is -2.35. The Bertz CT molecular complexity index is 852. The second-order valence-corrected chi connectivity index (χ2v) is 7.40. The molecule has 2 aliphatic rings. The largest absolute Gasteiger partial charge is 0.370 e. The van der Waals surface area contributed by atoms with Crippen molar-refractivity contribution < 1.29 is 0 Å². The molecule has 0 radical (unpaired) electrons. The topological polar surface area (TPSA) is 46.8 Å². The number of rotatable bonds is 2. The number of pyridine rings is 1. The zero-order valence-corrected chi connectivity index (χ0v) is 13.8. The standard InChI is InChI=1S/C17H19N5S/c1-3-12(17-20-19-15-4-2-9-22(15)17)11-21(8-1)14-5-7-18-13-6-10-23-16(13)14/h5-7,10,12H,1-4,8-9,11H2. The van der Waals surface area contributed by atoms with Gasteiger partial charge in [0.15, 0.2) is 0 Å². The number of piperidine rings is 1. The minimum absolute atomic E-state index is 0.492. The first-order chi connectivity index (χ1) is 11.4. The third-order valence-electron chi connectivity index (χ3n) is 5.09. The fourth-order valence-corrected chi connectivity index (χ4v) is 4.88. The highest BCUT2D eigenvalue weighted by molar-refractivity contribution is 7.17. The highest BCUT2D eigenvalue weighted by Crippen LogP contribution is 2.35. The Kier molecular flexibility index (Phi) is 3.11. The van der Waals surface area contributed by atoms with E-state index >= 15 is 0 Å². The summed E-state index contributed by atoms with van der Waals surface area (Å²) in [6, 6.07) is 4.27. The molecule has 0 N–H and O–H groups in total. The molecule has 2 aliphatic heterocycles. The number of hydrogen-bond acceptors (Lipinski definition) is 5. The average molecular weight is 325 g/mol. The SMILES string of the molecule is c1cc(N2CCCC(c3nnc4n3CCC4)C2)c2sccc2n1. The molecular formula is C17H19N5S. The summed E-state index contributed by atoms with van der Waals surface area (Å²) in [6.07, 6.45) is 6.66. The fraction of sp³-hybridized carbons (Fsp3) is 0.471. The Morgan fingerprint density at radius 1 is 1.13 bits per heavy atom. The van der Waals surface area contributed by atoms with Gasteiger partial charge in [0.1, 0.15) is 11.6 Å². The minimum atomic E-state index is 0.492. The molecule has 0 amide bonds. The first-order valence-corrected chi connectivity index (χ1v) is 9.27. The Hall–Kier alpha value is -1.95. The monoisotopic (exact) mass is 325 g/mol. The van der Waals surface area contributed by atoms with Crippen molar-refractivity contribution in [3.8, 4) is 0 Å². The van der Waals surface area contributed by atoms with Crippen molar-refractivity contribution in [2.24, 2.45) is 0 Å². The second kappa shape index (κ2) is 5.30. The van der Waals surface area contributed by atoms with Crippen molar-refractivity contribution in [3.05, 3.63) is 35.4 Å². The molecule has 6 heteroatoms. The van der Waals surface area contributed by atoms with Gasteiger partial charge in [-0.25, -0.2) is 0 Å². The van der Waals surface area contributed by atoms with Gasteiger partial charge in [0.25, 0.3) is 0 Å². The third-order valence-corrected chi connectivity index (χ3v) is 6.01. The van der Waals surface area contributed by atoms with Gasteiger partial charge in [0.05, 0.1) is 15.9 Å². The van der Waals surface area contributed by atoms with Gasteiger partial charge < -0.3 is 9.47 Å². The molecule has 5 rings (SSSR count). The van der Waals surface area contributed by atoms with Crippen molar-refractivity contribution in [2.75, 3.05) is 18.0 Å². The van der Waals surface area contributed by atoms with E-state index in [0.717, 1.165) is 31.6 Å². The van der Waals surface area contributed by atoms with Gasteiger partial charge in [0, 0.05) is 38.2 Å². The Balaban J connectivity index is 1.48. The van der Waals surface area contributed by atoms with Gasteiger partial charge in [-0.05, 0) is 36.8 Å².